The van der Waals surface area contributed by atoms with E-state index < -0.39 is 12.2 Å². The molecular weight excluding hydrogens is 165 g/mol. The Kier molecular flexibility index (Phi) is 7.11. The highest BCUT2D eigenvalue weighted by atomic mass is 35.5. The molecule has 0 aliphatic carbocycles. The van der Waals surface area contributed by atoms with Crippen molar-refractivity contribution < 1.29 is 10.2 Å². The van der Waals surface area contributed by atoms with Gasteiger partial charge in [-0.1, -0.05) is 0 Å². The number of β-amino-alcohol motifs (C(OH)–C–C–N with tert-alkyl or cyclic N) is 2. The van der Waals surface area contributed by atoms with Gasteiger partial charge in [0.15, 0.2) is 0 Å². The van der Waals surface area contributed by atoms with E-state index in [-0.39, 0.29) is 24.8 Å². The van der Waals surface area contributed by atoms with Crippen LogP contribution in [0.3, 0.4) is 0 Å². The number of hydrogen-bond donors (Lipinski definition) is 3. The van der Waals surface area contributed by atoms with E-state index in [1.165, 1.54) is 0 Å². The van der Waals surface area contributed by atoms with Crippen molar-refractivity contribution in [2.75, 3.05) is 13.1 Å². The van der Waals surface area contributed by atoms with Crippen molar-refractivity contribution in [1.82, 2.24) is 5.32 Å². The second kappa shape index (κ2) is 5.26. The second-order valence-electron chi connectivity index (χ2n) is 1.79. The van der Waals surface area contributed by atoms with Gasteiger partial charge < -0.3 is 15.5 Å². The van der Waals surface area contributed by atoms with Gasteiger partial charge in [-0.2, -0.15) is 0 Å². The molecular formula is C4H11Cl2NO2. The summed E-state index contributed by atoms with van der Waals surface area (Å²) in [6.45, 7) is 1.06. The van der Waals surface area contributed by atoms with Crippen LogP contribution in [-0.2, 0) is 0 Å². The highest BCUT2D eigenvalue weighted by Crippen LogP contribution is 1.96. The molecule has 0 amide bonds. The molecule has 2 unspecified atom stereocenters. The van der Waals surface area contributed by atoms with Crippen molar-refractivity contribution in [1.29, 1.82) is 0 Å². The third-order valence-electron chi connectivity index (χ3n) is 1.15. The van der Waals surface area contributed by atoms with Gasteiger partial charge in [-0.25, -0.2) is 0 Å². The Bertz CT molecular complexity index is 65.6. The Labute approximate surface area is 66.3 Å². The van der Waals surface area contributed by atoms with Crippen LogP contribution in [0.2, 0.25) is 0 Å². The smallest absolute Gasteiger partial charge is 0.0935 e. The first kappa shape index (κ1) is 12.2. The molecule has 0 spiro atoms. The summed E-state index contributed by atoms with van der Waals surface area (Å²) in [5.41, 5.74) is 0. The largest absolute Gasteiger partial charge is 0.389 e. The van der Waals surface area contributed by atoms with Crippen LogP contribution in [-0.4, -0.2) is 35.5 Å². The molecule has 3 nitrogen and oxygen atoms in total. The third kappa shape index (κ3) is 3.23. The summed E-state index contributed by atoms with van der Waals surface area (Å²) in [5, 5.41) is 20.2. The number of hydrogen-bond acceptors (Lipinski definition) is 3. The van der Waals surface area contributed by atoms with Gasteiger partial charge in [-0.3, -0.25) is 0 Å². The fraction of sp³-hybridized carbons (Fsp3) is 1.00. The van der Waals surface area contributed by atoms with Crippen LogP contribution in [0.4, 0.5) is 0 Å². The standard InChI is InChI=1S/C4H9NO2.2ClH/c6-3-1-5-2-4(3)7;;/h3-7H,1-2H2;2*1H. The summed E-state index contributed by atoms with van der Waals surface area (Å²) in [4.78, 5) is 0. The van der Waals surface area contributed by atoms with E-state index in [1.54, 1.807) is 0 Å². The Morgan fingerprint density at radius 1 is 1.00 bits per heavy atom. The zero-order chi connectivity index (χ0) is 5.28. The highest BCUT2D eigenvalue weighted by molar-refractivity contribution is 5.85. The second-order valence-corrected chi connectivity index (χ2v) is 1.79. The minimum atomic E-state index is -0.542. The molecule has 0 aromatic heterocycles. The minimum absolute atomic E-state index is 0. The lowest BCUT2D eigenvalue weighted by molar-refractivity contribution is 0.0572. The van der Waals surface area contributed by atoms with Gasteiger partial charge in [0.2, 0.25) is 0 Å². The van der Waals surface area contributed by atoms with E-state index in [2.05, 4.69) is 5.32 Å². The SMILES string of the molecule is Cl.Cl.OC1CNCC1O. The quantitative estimate of drug-likeness (QED) is 0.450. The van der Waals surface area contributed by atoms with Crippen LogP contribution in [0.1, 0.15) is 0 Å². The summed E-state index contributed by atoms with van der Waals surface area (Å²) in [7, 11) is 0. The van der Waals surface area contributed by atoms with Crippen LogP contribution in [0.15, 0.2) is 0 Å². The Morgan fingerprint density at radius 3 is 1.44 bits per heavy atom. The van der Waals surface area contributed by atoms with Crippen molar-refractivity contribution in [2.45, 2.75) is 12.2 Å². The summed E-state index contributed by atoms with van der Waals surface area (Å²) in [5.74, 6) is 0. The summed E-state index contributed by atoms with van der Waals surface area (Å²) < 4.78 is 0. The summed E-state index contributed by atoms with van der Waals surface area (Å²) >= 11 is 0. The Hall–Kier alpha value is 0.460. The van der Waals surface area contributed by atoms with Crippen LogP contribution >= 0.6 is 24.8 Å². The van der Waals surface area contributed by atoms with Gasteiger partial charge in [0.25, 0.3) is 0 Å². The maximum atomic E-state index is 8.69. The average molecular weight is 176 g/mol. The van der Waals surface area contributed by atoms with Crippen LogP contribution in [0.5, 0.6) is 0 Å². The van der Waals surface area contributed by atoms with Crippen LogP contribution < -0.4 is 5.32 Å². The first-order valence-electron chi connectivity index (χ1n) is 2.37. The third-order valence-corrected chi connectivity index (χ3v) is 1.15. The van der Waals surface area contributed by atoms with Crippen LogP contribution in [0.25, 0.3) is 0 Å². The topological polar surface area (TPSA) is 52.5 Å². The van der Waals surface area contributed by atoms with E-state index >= 15 is 0 Å². The fourth-order valence-corrected chi connectivity index (χ4v) is 0.651. The van der Waals surface area contributed by atoms with E-state index in [0.29, 0.717) is 13.1 Å². The molecule has 1 aliphatic rings. The first-order valence-corrected chi connectivity index (χ1v) is 2.37. The van der Waals surface area contributed by atoms with E-state index in [0.717, 1.165) is 0 Å². The lowest BCUT2D eigenvalue weighted by Gasteiger charge is -2.01. The maximum Gasteiger partial charge on any atom is 0.0935 e. The summed E-state index contributed by atoms with van der Waals surface area (Å²) in [6, 6.07) is 0. The molecule has 0 bridgehead atoms. The maximum absolute atomic E-state index is 8.69. The molecule has 1 fully saturated rings. The van der Waals surface area contributed by atoms with Crippen molar-refractivity contribution in [2.24, 2.45) is 0 Å². The Morgan fingerprint density at radius 2 is 1.33 bits per heavy atom. The molecule has 2 atom stereocenters. The molecule has 5 heteroatoms. The lowest BCUT2D eigenvalue weighted by Crippen LogP contribution is -2.22. The van der Waals surface area contributed by atoms with E-state index in [9.17, 15) is 0 Å². The minimum Gasteiger partial charge on any atom is -0.389 e. The molecule has 9 heavy (non-hydrogen) atoms. The first-order chi connectivity index (χ1) is 3.30. The van der Waals surface area contributed by atoms with Gasteiger partial charge in [-0.15, -0.1) is 24.8 Å². The number of halogens is 2. The number of rotatable bonds is 0. The van der Waals surface area contributed by atoms with E-state index in [4.69, 9.17) is 10.2 Å². The molecule has 0 radical (unpaired) electrons. The van der Waals surface area contributed by atoms with Gasteiger partial charge in [0.05, 0.1) is 12.2 Å². The monoisotopic (exact) mass is 175 g/mol. The van der Waals surface area contributed by atoms with Crippen molar-refractivity contribution in [3.63, 3.8) is 0 Å². The summed E-state index contributed by atoms with van der Waals surface area (Å²) in [6.07, 6.45) is -1.08. The predicted octanol–water partition coefficient (Wildman–Crippen LogP) is -0.845. The molecule has 0 aromatic rings. The molecule has 3 N–H and O–H groups in total. The number of aliphatic hydroxyl groups is 2. The predicted molar refractivity (Wildman–Crippen MR) is 39.4 cm³/mol. The van der Waals surface area contributed by atoms with Crippen molar-refractivity contribution in [3.05, 3.63) is 0 Å². The molecule has 58 valence electrons. The lowest BCUT2D eigenvalue weighted by atomic mass is 10.3. The molecule has 1 rings (SSSR count). The van der Waals surface area contributed by atoms with Gasteiger partial charge in [0.1, 0.15) is 0 Å². The van der Waals surface area contributed by atoms with Gasteiger partial charge in [0, 0.05) is 13.1 Å². The average Bonchev–Trinajstić information content (AvgIpc) is 1.91. The fourth-order valence-electron chi connectivity index (χ4n) is 0.651. The molecule has 0 saturated carbocycles. The molecule has 1 aliphatic heterocycles. The normalized spacial score (nSPS) is 32.7. The van der Waals surface area contributed by atoms with Gasteiger partial charge in [-0.05, 0) is 0 Å². The Balaban J connectivity index is 0. The zero-order valence-electron chi connectivity index (χ0n) is 4.78. The van der Waals surface area contributed by atoms with Crippen molar-refractivity contribution >= 4 is 24.8 Å². The van der Waals surface area contributed by atoms with Crippen molar-refractivity contribution in [3.8, 4) is 0 Å². The highest BCUT2D eigenvalue weighted by Gasteiger charge is 2.21. The van der Waals surface area contributed by atoms with Crippen LogP contribution in [0, 0.1) is 0 Å². The van der Waals surface area contributed by atoms with E-state index in [1.807, 2.05) is 0 Å². The number of nitrogens with one attached hydrogen (secondary N) is 1. The van der Waals surface area contributed by atoms with Gasteiger partial charge >= 0.3 is 0 Å². The molecule has 1 saturated heterocycles. The molecule has 1 heterocycles. The molecule has 0 aromatic carbocycles. The zero-order valence-corrected chi connectivity index (χ0v) is 6.41. The number of aliphatic hydroxyl groups excluding tert-OH is 2.